The summed E-state index contributed by atoms with van der Waals surface area (Å²) in [6.45, 7) is 0. The van der Waals surface area contributed by atoms with E-state index in [1.807, 2.05) is 0 Å². The minimum absolute atomic E-state index is 0.532. The van der Waals surface area contributed by atoms with Crippen molar-refractivity contribution in [2.75, 3.05) is 0 Å². The molecule has 0 amide bonds. The smallest absolute Gasteiger partial charge is 0.161 e. The Hall–Kier alpha value is -6.94. The van der Waals surface area contributed by atoms with E-state index in [0.29, 0.717) is 0 Å². The van der Waals surface area contributed by atoms with Crippen molar-refractivity contribution in [3.05, 3.63) is 229 Å². The SMILES string of the molecule is c1ccc(-c2ccc(-c3cc4c(cc3-c3nc(-c5ccccc5)c5sc6ccccc6c5n3)-c3ccccc3C4(c3ccccc3)c3ccccc3)cc2)cc1. The van der Waals surface area contributed by atoms with Gasteiger partial charge < -0.3 is 0 Å². The summed E-state index contributed by atoms with van der Waals surface area (Å²) in [4.78, 5) is 11.0. The fourth-order valence-electron chi connectivity index (χ4n) is 8.89. The van der Waals surface area contributed by atoms with Gasteiger partial charge in [0.15, 0.2) is 5.82 Å². The van der Waals surface area contributed by atoms with Crippen LogP contribution in [0.3, 0.4) is 0 Å². The highest BCUT2D eigenvalue weighted by molar-refractivity contribution is 7.26. The number of fused-ring (bicyclic) bond motifs is 6. The number of hydrogen-bond donors (Lipinski definition) is 0. The van der Waals surface area contributed by atoms with Gasteiger partial charge in [-0.1, -0.05) is 188 Å². The number of nitrogens with zero attached hydrogens (tertiary/aromatic N) is 2. The Kier molecular flexibility index (Phi) is 7.61. The van der Waals surface area contributed by atoms with Crippen LogP contribution in [-0.4, -0.2) is 9.97 Å². The van der Waals surface area contributed by atoms with Crippen molar-refractivity contribution < 1.29 is 0 Å². The van der Waals surface area contributed by atoms with Crippen LogP contribution >= 0.6 is 11.3 Å². The molecule has 0 saturated carbocycles. The first-order chi connectivity index (χ1) is 27.8. The third kappa shape index (κ3) is 5.02. The largest absolute Gasteiger partial charge is 0.226 e. The summed E-state index contributed by atoms with van der Waals surface area (Å²) in [5.41, 5.74) is 15.6. The summed E-state index contributed by atoms with van der Waals surface area (Å²) in [5, 5.41) is 1.15. The van der Waals surface area contributed by atoms with Crippen LogP contribution in [0.5, 0.6) is 0 Å². The van der Waals surface area contributed by atoms with Crippen LogP contribution in [0.2, 0.25) is 0 Å². The van der Waals surface area contributed by atoms with E-state index in [1.165, 1.54) is 49.2 Å². The maximum Gasteiger partial charge on any atom is 0.161 e. The van der Waals surface area contributed by atoms with Crippen LogP contribution in [0.15, 0.2) is 206 Å². The molecule has 0 aliphatic heterocycles. The second kappa shape index (κ2) is 13.1. The molecule has 2 heterocycles. The molecule has 1 aliphatic carbocycles. The average molecular weight is 731 g/mol. The monoisotopic (exact) mass is 730 g/mol. The zero-order chi connectivity index (χ0) is 37.1. The predicted octanol–water partition coefficient (Wildman–Crippen LogP) is 13.9. The maximum absolute atomic E-state index is 5.52. The quantitative estimate of drug-likeness (QED) is 0.170. The molecule has 0 N–H and O–H groups in total. The van der Waals surface area contributed by atoms with E-state index >= 15 is 0 Å². The number of aromatic nitrogens is 2. The number of rotatable bonds is 6. The Morgan fingerprint density at radius 1 is 0.375 bits per heavy atom. The molecule has 2 nitrogen and oxygen atoms in total. The topological polar surface area (TPSA) is 25.8 Å². The highest BCUT2D eigenvalue weighted by Crippen LogP contribution is 2.58. The standard InChI is InChI=1S/C53H34N2S/c1-5-17-35(18-6-1)36-29-31-37(32-30-36)43-34-47-44(41-25-13-15-27-46(41)53(47,39-21-9-3-10-22-39)40-23-11-4-12-24-40)33-45(43)52-54-49(38-19-7-2-8-20-38)51-50(55-52)42-26-14-16-28-48(42)56-51/h1-34H. The van der Waals surface area contributed by atoms with Crippen molar-refractivity contribution in [2.24, 2.45) is 0 Å². The molecule has 0 saturated heterocycles. The van der Waals surface area contributed by atoms with Gasteiger partial charge in [-0.2, -0.15) is 0 Å². The van der Waals surface area contributed by atoms with Crippen LogP contribution in [0.4, 0.5) is 0 Å². The molecule has 0 bridgehead atoms. The van der Waals surface area contributed by atoms with Gasteiger partial charge in [0.2, 0.25) is 0 Å². The van der Waals surface area contributed by atoms with Crippen LogP contribution < -0.4 is 0 Å². The molecule has 0 fully saturated rings. The highest BCUT2D eigenvalue weighted by Gasteiger charge is 2.46. The second-order valence-corrected chi connectivity index (χ2v) is 15.5. The van der Waals surface area contributed by atoms with Crippen LogP contribution in [-0.2, 0) is 5.41 Å². The summed E-state index contributed by atoms with van der Waals surface area (Å²) in [6.07, 6.45) is 0. The van der Waals surface area contributed by atoms with E-state index in [0.717, 1.165) is 49.4 Å². The van der Waals surface area contributed by atoms with Gasteiger partial charge >= 0.3 is 0 Å². The average Bonchev–Trinajstić information content (AvgIpc) is 3.80. The molecule has 10 aromatic rings. The van der Waals surface area contributed by atoms with Gasteiger partial charge in [-0.25, -0.2) is 9.97 Å². The number of hydrogen-bond acceptors (Lipinski definition) is 3. The van der Waals surface area contributed by atoms with Gasteiger partial charge in [0, 0.05) is 21.2 Å². The van der Waals surface area contributed by atoms with E-state index < -0.39 is 5.41 Å². The highest BCUT2D eigenvalue weighted by atomic mass is 32.1. The van der Waals surface area contributed by atoms with E-state index in [4.69, 9.17) is 9.97 Å². The normalized spacial score (nSPS) is 12.8. The molecule has 2 aromatic heterocycles. The summed E-state index contributed by atoms with van der Waals surface area (Å²) in [7, 11) is 0. The Bertz CT molecular complexity index is 3000. The van der Waals surface area contributed by atoms with Crippen molar-refractivity contribution in [1.29, 1.82) is 0 Å². The fourth-order valence-corrected chi connectivity index (χ4v) is 10.0. The third-order valence-electron chi connectivity index (χ3n) is 11.4. The first-order valence-corrected chi connectivity index (χ1v) is 19.9. The first kappa shape index (κ1) is 32.5. The van der Waals surface area contributed by atoms with Gasteiger partial charge in [-0.3, -0.25) is 0 Å². The molecule has 11 rings (SSSR count). The summed E-state index contributed by atoms with van der Waals surface area (Å²) < 4.78 is 2.31. The fraction of sp³-hybridized carbons (Fsp3) is 0.0189. The molecule has 8 aromatic carbocycles. The van der Waals surface area contributed by atoms with E-state index in [1.54, 1.807) is 11.3 Å². The molecule has 0 atom stereocenters. The van der Waals surface area contributed by atoms with Crippen LogP contribution in [0, 0.1) is 0 Å². The van der Waals surface area contributed by atoms with Gasteiger partial charge in [-0.15, -0.1) is 11.3 Å². The molecule has 56 heavy (non-hydrogen) atoms. The molecular weight excluding hydrogens is 697 g/mol. The Labute approximate surface area is 330 Å². The lowest BCUT2D eigenvalue weighted by molar-refractivity contribution is 0.769. The number of benzene rings is 8. The number of thiophene rings is 1. The molecular formula is C53H34N2S. The minimum Gasteiger partial charge on any atom is -0.226 e. The molecule has 0 radical (unpaired) electrons. The van der Waals surface area contributed by atoms with Crippen molar-refractivity contribution in [3.63, 3.8) is 0 Å². The lowest BCUT2D eigenvalue weighted by Crippen LogP contribution is -2.28. The Morgan fingerprint density at radius 2 is 0.929 bits per heavy atom. The van der Waals surface area contributed by atoms with Crippen molar-refractivity contribution >= 4 is 31.6 Å². The van der Waals surface area contributed by atoms with Gasteiger partial charge in [-0.05, 0) is 73.8 Å². The van der Waals surface area contributed by atoms with Crippen LogP contribution in [0.1, 0.15) is 22.3 Å². The lowest BCUT2D eigenvalue weighted by atomic mass is 9.67. The van der Waals surface area contributed by atoms with Crippen molar-refractivity contribution in [2.45, 2.75) is 5.41 Å². The summed E-state index contributed by atoms with van der Waals surface area (Å²) in [6, 6.07) is 74.5. The summed E-state index contributed by atoms with van der Waals surface area (Å²) >= 11 is 1.77. The lowest BCUT2D eigenvalue weighted by Gasteiger charge is -2.34. The Morgan fingerprint density at radius 3 is 1.62 bits per heavy atom. The molecule has 1 aliphatic rings. The van der Waals surface area contributed by atoms with Crippen molar-refractivity contribution in [3.8, 4) is 56.0 Å². The van der Waals surface area contributed by atoms with E-state index in [9.17, 15) is 0 Å². The van der Waals surface area contributed by atoms with Gasteiger partial charge in [0.25, 0.3) is 0 Å². The Balaban J connectivity index is 1.25. The second-order valence-electron chi connectivity index (χ2n) is 14.5. The van der Waals surface area contributed by atoms with Crippen molar-refractivity contribution in [1.82, 2.24) is 9.97 Å². The van der Waals surface area contributed by atoms with Gasteiger partial charge in [0.05, 0.1) is 21.3 Å². The molecule has 262 valence electrons. The maximum atomic E-state index is 5.52. The summed E-state index contributed by atoms with van der Waals surface area (Å²) in [5.74, 6) is 0.722. The molecule has 3 heteroatoms. The molecule has 0 spiro atoms. The predicted molar refractivity (Wildman–Crippen MR) is 234 cm³/mol. The third-order valence-corrected chi connectivity index (χ3v) is 12.6. The van der Waals surface area contributed by atoms with Gasteiger partial charge in [0.1, 0.15) is 0 Å². The molecule has 0 unspecified atom stereocenters. The zero-order valence-electron chi connectivity index (χ0n) is 30.4. The van der Waals surface area contributed by atoms with Crippen LogP contribution in [0.25, 0.3) is 76.3 Å². The minimum atomic E-state index is -0.532. The van der Waals surface area contributed by atoms with E-state index in [-0.39, 0.29) is 0 Å². The zero-order valence-corrected chi connectivity index (χ0v) is 31.2. The van der Waals surface area contributed by atoms with E-state index in [2.05, 4.69) is 206 Å². The first-order valence-electron chi connectivity index (χ1n) is 19.1.